The van der Waals surface area contributed by atoms with Crippen molar-refractivity contribution in [3.05, 3.63) is 142 Å². The maximum atomic E-state index is 13.7. The lowest BCUT2D eigenvalue weighted by molar-refractivity contribution is -0.204. The molecule has 2 saturated heterocycles. The van der Waals surface area contributed by atoms with Crippen molar-refractivity contribution >= 4 is 29.0 Å². The topological polar surface area (TPSA) is 208 Å². The molecule has 72 heavy (non-hydrogen) atoms. The minimum atomic E-state index is -4.58. The number of anilines is 3. The van der Waals surface area contributed by atoms with Crippen LogP contribution in [0.5, 0.6) is 5.88 Å². The number of amides is 2. The molecule has 0 atom stereocenters. The van der Waals surface area contributed by atoms with Gasteiger partial charge in [0, 0.05) is 63.1 Å². The van der Waals surface area contributed by atoms with Gasteiger partial charge in [-0.25, -0.2) is 18.7 Å². The van der Waals surface area contributed by atoms with E-state index in [9.17, 15) is 41.8 Å². The molecule has 2 amide bonds. The van der Waals surface area contributed by atoms with E-state index in [-0.39, 0.29) is 36.8 Å². The maximum Gasteiger partial charge on any atom is 0.416 e. The number of carbonyl (C=O) groups is 2. The molecule has 0 radical (unpaired) electrons. The molecule has 6 aromatic rings. The molecule has 16 nitrogen and oxygen atoms in total. The first-order valence-electron chi connectivity index (χ1n) is 22.4. The van der Waals surface area contributed by atoms with Crippen molar-refractivity contribution in [3.63, 3.8) is 0 Å². The maximum absolute atomic E-state index is 13.7. The number of benzene rings is 2. The summed E-state index contributed by atoms with van der Waals surface area (Å²) in [6.45, 7) is 6.09. The first-order chi connectivity index (χ1) is 34.3. The number of carbonyl (C=O) groups excluding carboxylic acids is 2. The zero-order valence-corrected chi connectivity index (χ0v) is 39.8. The Hall–Kier alpha value is -7.01. The Kier molecular flexibility index (Phi) is 16.3. The standard InChI is InChI=1S/C26H27F2N3O5.C25H25F3N4O4/c1-16-4-5-19(30-24(33)21-12-18(6-7-29-21)25(2,27)28)13-20(16)17-10-22(26(34-3)14-35-15-26)31-23(11-17)36-9-8-32;1-15-3-4-18(31-23(34)20-11-17(5-6-29-20)25(26,27)28)12-19(15)16-9-21(24(35-2)13-36-14-24)32-22(10-16)30-7-8-33/h4-7,10-13,32H,8-9,14-15H2,1-3H3,(H,30,33);3-6,9-12,33H,7-8,13-14H2,1-2H3,(H,30,32)(H,31,34). The zero-order chi connectivity index (χ0) is 51.8. The van der Waals surface area contributed by atoms with E-state index < -0.39 is 40.7 Å². The van der Waals surface area contributed by atoms with E-state index in [0.29, 0.717) is 73.5 Å². The van der Waals surface area contributed by atoms with Gasteiger partial charge in [0.2, 0.25) is 5.88 Å². The average molecular weight is 1000 g/mol. The number of halogens is 5. The zero-order valence-electron chi connectivity index (χ0n) is 39.8. The van der Waals surface area contributed by atoms with E-state index >= 15 is 0 Å². The van der Waals surface area contributed by atoms with Crippen LogP contribution in [-0.2, 0) is 42.2 Å². The third-order valence-corrected chi connectivity index (χ3v) is 11.9. The van der Waals surface area contributed by atoms with Gasteiger partial charge in [-0.1, -0.05) is 12.1 Å². The summed E-state index contributed by atoms with van der Waals surface area (Å²) in [4.78, 5) is 42.3. The third kappa shape index (κ3) is 12.2. The number of alkyl halides is 5. The minimum Gasteiger partial charge on any atom is -0.475 e. The van der Waals surface area contributed by atoms with Crippen molar-refractivity contribution in [2.45, 2.75) is 44.1 Å². The number of ether oxygens (including phenoxy) is 5. The SMILES string of the molecule is COC1(c2cc(-c3cc(NC(=O)c4cc(C(C)(F)F)ccn4)ccc3C)cc(OCCO)n2)COC1.COC1(c2cc(-c3cc(NC(=O)c4cc(C(F)(F)F)ccn4)ccc3C)cc(NCCO)n2)COC1. The predicted octanol–water partition coefficient (Wildman–Crippen LogP) is 8.06. The van der Waals surface area contributed by atoms with Crippen LogP contribution in [0.2, 0.25) is 0 Å². The molecule has 0 saturated carbocycles. The Morgan fingerprint density at radius 3 is 1.62 bits per heavy atom. The van der Waals surface area contributed by atoms with Crippen LogP contribution < -0.4 is 20.7 Å². The van der Waals surface area contributed by atoms with Crippen LogP contribution in [0.25, 0.3) is 22.3 Å². The van der Waals surface area contributed by atoms with Gasteiger partial charge in [0.25, 0.3) is 17.7 Å². The molecule has 2 fully saturated rings. The summed E-state index contributed by atoms with van der Waals surface area (Å²) >= 11 is 0. The molecule has 0 aliphatic carbocycles. The van der Waals surface area contributed by atoms with Crippen LogP contribution in [0, 0.1) is 13.8 Å². The van der Waals surface area contributed by atoms with Crippen molar-refractivity contribution in [1.82, 2.24) is 19.9 Å². The third-order valence-electron chi connectivity index (χ3n) is 11.9. The van der Waals surface area contributed by atoms with Gasteiger partial charge in [-0.05, 0) is 114 Å². The Balaban J connectivity index is 0.000000211. The quantitative estimate of drug-likeness (QED) is 0.0548. The van der Waals surface area contributed by atoms with Crippen molar-refractivity contribution in [2.75, 3.05) is 83.0 Å². The molecule has 6 heterocycles. The van der Waals surface area contributed by atoms with Crippen LogP contribution >= 0.6 is 0 Å². The molecule has 0 unspecified atom stereocenters. The Labute approximate surface area is 410 Å². The van der Waals surface area contributed by atoms with E-state index in [1.807, 2.05) is 38.1 Å². The summed E-state index contributed by atoms with van der Waals surface area (Å²) in [7, 11) is 3.17. The van der Waals surface area contributed by atoms with Gasteiger partial charge >= 0.3 is 6.18 Å². The molecular formula is C51H52F5N7O9. The monoisotopic (exact) mass is 1000 g/mol. The number of pyridine rings is 4. The van der Waals surface area contributed by atoms with Crippen molar-refractivity contribution in [2.24, 2.45) is 0 Å². The number of hydrogen-bond acceptors (Lipinski definition) is 14. The fourth-order valence-corrected chi connectivity index (χ4v) is 7.60. The fourth-order valence-electron chi connectivity index (χ4n) is 7.60. The second-order valence-electron chi connectivity index (χ2n) is 17.0. The second kappa shape index (κ2) is 22.2. The van der Waals surface area contributed by atoms with E-state index in [4.69, 9.17) is 23.7 Å². The number of nitrogens with zero attached hydrogens (tertiary/aromatic N) is 4. The van der Waals surface area contributed by atoms with Gasteiger partial charge in [0.1, 0.15) is 23.8 Å². The number of hydrogen-bond donors (Lipinski definition) is 5. The van der Waals surface area contributed by atoms with E-state index in [1.54, 1.807) is 50.6 Å². The van der Waals surface area contributed by atoms with Crippen molar-refractivity contribution < 1.29 is 65.4 Å². The Bertz CT molecular complexity index is 2700. The van der Waals surface area contributed by atoms with Crippen LogP contribution in [0.4, 0.5) is 39.1 Å². The molecule has 2 aromatic carbocycles. The molecule has 4 aromatic heterocycles. The number of nitrogens with one attached hydrogen (secondary N) is 3. The fraction of sp³-hybridized carbons (Fsp3) is 0.333. The second-order valence-corrected chi connectivity index (χ2v) is 17.0. The van der Waals surface area contributed by atoms with Crippen LogP contribution in [-0.4, -0.2) is 109 Å². The molecule has 5 N–H and O–H groups in total. The largest absolute Gasteiger partial charge is 0.475 e. The van der Waals surface area contributed by atoms with E-state index in [0.717, 1.165) is 58.6 Å². The molecule has 0 spiro atoms. The Morgan fingerprint density at radius 2 is 1.17 bits per heavy atom. The number of rotatable bonds is 17. The summed E-state index contributed by atoms with van der Waals surface area (Å²) in [6, 6.07) is 21.6. The smallest absolute Gasteiger partial charge is 0.416 e. The number of aliphatic hydroxyl groups is 2. The van der Waals surface area contributed by atoms with Crippen LogP contribution in [0.15, 0.2) is 97.3 Å². The van der Waals surface area contributed by atoms with E-state index in [1.165, 1.54) is 12.3 Å². The average Bonchev–Trinajstić information content (AvgIpc) is 3.33. The number of aliphatic hydroxyl groups excluding tert-OH is 2. The lowest BCUT2D eigenvalue weighted by Gasteiger charge is -2.39. The normalized spacial score (nSPS) is 14.7. The number of methoxy groups -OCH3 is 2. The van der Waals surface area contributed by atoms with Gasteiger partial charge in [0.15, 0.2) is 11.2 Å². The van der Waals surface area contributed by atoms with Crippen molar-refractivity contribution in [3.8, 4) is 28.1 Å². The molecule has 2 aliphatic heterocycles. The lowest BCUT2D eigenvalue weighted by atomic mass is 9.92. The summed E-state index contributed by atoms with van der Waals surface area (Å²) in [5, 5.41) is 26.8. The van der Waals surface area contributed by atoms with Crippen molar-refractivity contribution in [1.29, 1.82) is 0 Å². The summed E-state index contributed by atoms with van der Waals surface area (Å²) in [5.41, 5.74) is 3.92. The van der Waals surface area contributed by atoms with Crippen LogP contribution in [0.1, 0.15) is 61.5 Å². The minimum absolute atomic E-state index is 0.0737. The Morgan fingerprint density at radius 1 is 0.667 bits per heavy atom. The molecule has 2 aliphatic rings. The summed E-state index contributed by atoms with van der Waals surface area (Å²) in [5.74, 6) is -3.61. The van der Waals surface area contributed by atoms with E-state index in [2.05, 4.69) is 35.9 Å². The highest BCUT2D eigenvalue weighted by Gasteiger charge is 2.44. The highest BCUT2D eigenvalue weighted by Crippen LogP contribution is 2.39. The number of aryl methyl sites for hydroxylation is 2. The summed E-state index contributed by atoms with van der Waals surface area (Å²) < 4.78 is 94.2. The molecule has 21 heteroatoms. The lowest BCUT2D eigenvalue weighted by Crippen LogP contribution is -2.49. The molecule has 8 rings (SSSR count). The molecule has 380 valence electrons. The molecular weight excluding hydrogens is 950 g/mol. The van der Waals surface area contributed by atoms with Crippen LogP contribution in [0.3, 0.4) is 0 Å². The number of aromatic nitrogens is 4. The molecule has 0 bridgehead atoms. The van der Waals surface area contributed by atoms with Gasteiger partial charge in [-0.3, -0.25) is 19.6 Å². The highest BCUT2D eigenvalue weighted by molar-refractivity contribution is 6.04. The van der Waals surface area contributed by atoms with Gasteiger partial charge in [-0.15, -0.1) is 0 Å². The summed E-state index contributed by atoms with van der Waals surface area (Å²) in [6.07, 6.45) is -2.45. The first-order valence-corrected chi connectivity index (χ1v) is 22.4. The highest BCUT2D eigenvalue weighted by atomic mass is 19.4. The van der Waals surface area contributed by atoms with Gasteiger partial charge < -0.3 is 49.8 Å². The first kappa shape index (κ1) is 52.8. The predicted molar refractivity (Wildman–Crippen MR) is 255 cm³/mol. The van der Waals surface area contributed by atoms with Gasteiger partial charge in [-0.2, -0.15) is 13.2 Å². The van der Waals surface area contributed by atoms with Gasteiger partial charge in [0.05, 0.1) is 56.6 Å².